The highest BCUT2D eigenvalue weighted by atomic mass is 16.5. The summed E-state index contributed by atoms with van der Waals surface area (Å²) in [7, 11) is 0. The van der Waals surface area contributed by atoms with Crippen LogP contribution in [0.3, 0.4) is 0 Å². The van der Waals surface area contributed by atoms with E-state index in [4.69, 9.17) is 4.74 Å². The Hall–Kier alpha value is -2.96. The van der Waals surface area contributed by atoms with E-state index < -0.39 is 5.97 Å². The minimum atomic E-state index is -1.04. The maximum atomic E-state index is 11.5. The number of carboxylic acid groups (broad SMARTS) is 1. The van der Waals surface area contributed by atoms with E-state index in [1.165, 1.54) is 12.6 Å². The van der Waals surface area contributed by atoms with Crippen LogP contribution in [0.4, 0.5) is 0 Å². The van der Waals surface area contributed by atoms with Crippen molar-refractivity contribution in [2.75, 3.05) is 0 Å². The van der Waals surface area contributed by atoms with Crippen LogP contribution in [-0.2, 0) is 13.0 Å². The molecule has 0 aliphatic heterocycles. The van der Waals surface area contributed by atoms with Crippen molar-refractivity contribution in [2.45, 2.75) is 52.2 Å². The maximum absolute atomic E-state index is 11.5. The standard InChI is InChI=1S/C20H22N4O3/c1-3-16-17-15(7-8-21-18(17)20(25)26)23-24(16)11-13-9-12(2)19(22-10-13)27-14-5-4-6-14/h7-10,14H,3-6,11H2,1-2H3,(H,25,26). The molecule has 27 heavy (non-hydrogen) atoms. The molecule has 0 radical (unpaired) electrons. The van der Waals surface area contributed by atoms with Gasteiger partial charge in [-0.05, 0) is 50.3 Å². The number of fused-ring (bicyclic) bond motifs is 1. The molecule has 1 aliphatic rings. The molecule has 140 valence electrons. The molecule has 0 amide bonds. The fourth-order valence-corrected chi connectivity index (χ4v) is 3.44. The monoisotopic (exact) mass is 366 g/mol. The molecule has 1 aliphatic carbocycles. The first-order chi connectivity index (χ1) is 13.1. The molecule has 4 rings (SSSR count). The van der Waals surface area contributed by atoms with E-state index in [0.29, 0.717) is 35.9 Å². The van der Waals surface area contributed by atoms with Gasteiger partial charge in [0, 0.05) is 23.7 Å². The SMILES string of the molecule is CCc1c2c(C(=O)O)nccc2nn1Cc1cnc(OC2CCC2)c(C)c1. The topological polar surface area (TPSA) is 90.1 Å². The normalized spacial score (nSPS) is 14.3. The lowest BCUT2D eigenvalue weighted by molar-refractivity contribution is 0.0692. The second-order valence-corrected chi connectivity index (χ2v) is 6.95. The molecule has 0 saturated heterocycles. The summed E-state index contributed by atoms with van der Waals surface area (Å²) in [5.74, 6) is -0.341. The number of ether oxygens (including phenoxy) is 1. The highest BCUT2D eigenvalue weighted by Gasteiger charge is 2.21. The van der Waals surface area contributed by atoms with Gasteiger partial charge in [0.15, 0.2) is 5.69 Å². The summed E-state index contributed by atoms with van der Waals surface area (Å²) in [6.07, 6.45) is 7.68. The Morgan fingerprint density at radius 2 is 2.19 bits per heavy atom. The number of hydrogen-bond acceptors (Lipinski definition) is 5. The Morgan fingerprint density at radius 1 is 1.37 bits per heavy atom. The van der Waals surface area contributed by atoms with Crippen LogP contribution in [0, 0.1) is 6.92 Å². The quantitative estimate of drug-likeness (QED) is 0.719. The molecular formula is C20H22N4O3. The summed E-state index contributed by atoms with van der Waals surface area (Å²) >= 11 is 0. The molecule has 7 nitrogen and oxygen atoms in total. The van der Waals surface area contributed by atoms with Gasteiger partial charge in [0.1, 0.15) is 6.10 Å². The average molecular weight is 366 g/mol. The van der Waals surface area contributed by atoms with Crippen LogP contribution in [-0.4, -0.2) is 36.9 Å². The third-order valence-corrected chi connectivity index (χ3v) is 5.04. The van der Waals surface area contributed by atoms with Gasteiger partial charge in [-0.3, -0.25) is 4.68 Å². The molecule has 3 aromatic heterocycles. The molecule has 3 heterocycles. The first-order valence-electron chi connectivity index (χ1n) is 9.26. The van der Waals surface area contributed by atoms with Crippen molar-refractivity contribution in [2.24, 2.45) is 0 Å². The second kappa shape index (κ2) is 6.98. The van der Waals surface area contributed by atoms with Gasteiger partial charge in [-0.2, -0.15) is 5.10 Å². The van der Waals surface area contributed by atoms with Crippen LogP contribution in [0.1, 0.15) is 53.5 Å². The highest BCUT2D eigenvalue weighted by molar-refractivity contribution is 6.01. The van der Waals surface area contributed by atoms with Gasteiger partial charge in [-0.1, -0.05) is 6.92 Å². The summed E-state index contributed by atoms with van der Waals surface area (Å²) in [6.45, 7) is 4.51. The third-order valence-electron chi connectivity index (χ3n) is 5.04. The zero-order chi connectivity index (χ0) is 19.0. The molecule has 0 bridgehead atoms. The number of rotatable bonds is 6. The summed E-state index contributed by atoms with van der Waals surface area (Å²) in [5, 5.41) is 14.7. The Kier molecular flexibility index (Phi) is 4.51. The predicted molar refractivity (Wildman–Crippen MR) is 100 cm³/mol. The van der Waals surface area contributed by atoms with Crippen molar-refractivity contribution in [1.29, 1.82) is 0 Å². The van der Waals surface area contributed by atoms with Crippen LogP contribution in [0.15, 0.2) is 24.5 Å². The largest absolute Gasteiger partial charge is 0.476 e. The van der Waals surface area contributed by atoms with Gasteiger partial charge in [0.05, 0.1) is 17.4 Å². The lowest BCUT2D eigenvalue weighted by atomic mass is 9.96. The molecule has 3 aromatic rings. The number of carbonyl (C=O) groups is 1. The number of aromatic nitrogens is 4. The number of aromatic carboxylic acids is 1. The molecule has 0 unspecified atom stereocenters. The number of pyridine rings is 2. The van der Waals surface area contributed by atoms with Crippen molar-refractivity contribution < 1.29 is 14.6 Å². The summed E-state index contributed by atoms with van der Waals surface area (Å²) < 4.78 is 7.76. The van der Waals surface area contributed by atoms with Crippen molar-refractivity contribution in [3.63, 3.8) is 0 Å². The Balaban J connectivity index is 1.66. The summed E-state index contributed by atoms with van der Waals surface area (Å²) in [4.78, 5) is 20.0. The van der Waals surface area contributed by atoms with Gasteiger partial charge in [-0.25, -0.2) is 14.8 Å². The summed E-state index contributed by atoms with van der Waals surface area (Å²) in [6, 6.07) is 3.81. The zero-order valence-electron chi connectivity index (χ0n) is 15.5. The molecular weight excluding hydrogens is 344 g/mol. The number of carboxylic acids is 1. The third kappa shape index (κ3) is 3.25. The van der Waals surface area contributed by atoms with Gasteiger partial charge in [0.25, 0.3) is 0 Å². The van der Waals surface area contributed by atoms with Crippen LogP contribution in [0.2, 0.25) is 0 Å². The Bertz CT molecular complexity index is 1010. The lowest BCUT2D eigenvalue weighted by Gasteiger charge is -2.26. The van der Waals surface area contributed by atoms with Crippen LogP contribution >= 0.6 is 0 Å². The number of aryl methyl sites for hydroxylation is 2. The molecule has 1 fully saturated rings. The number of nitrogens with zero attached hydrogens (tertiary/aromatic N) is 4. The number of hydrogen-bond donors (Lipinski definition) is 1. The van der Waals surface area contributed by atoms with Crippen molar-refractivity contribution in [3.05, 3.63) is 47.0 Å². The van der Waals surface area contributed by atoms with E-state index in [-0.39, 0.29) is 5.69 Å². The molecule has 0 aromatic carbocycles. The van der Waals surface area contributed by atoms with Crippen molar-refractivity contribution in [1.82, 2.24) is 19.7 Å². The first-order valence-corrected chi connectivity index (χ1v) is 9.26. The van der Waals surface area contributed by atoms with Crippen molar-refractivity contribution in [3.8, 4) is 5.88 Å². The predicted octanol–water partition coefficient (Wildman–Crippen LogP) is 3.37. The molecule has 1 saturated carbocycles. The van der Waals surface area contributed by atoms with Gasteiger partial charge in [0.2, 0.25) is 5.88 Å². The van der Waals surface area contributed by atoms with Gasteiger partial charge >= 0.3 is 5.97 Å². The molecule has 7 heteroatoms. The minimum Gasteiger partial charge on any atom is -0.476 e. The fraction of sp³-hybridized carbons (Fsp3) is 0.400. The van der Waals surface area contributed by atoms with E-state index in [1.54, 1.807) is 6.07 Å². The van der Waals surface area contributed by atoms with Crippen LogP contribution in [0.25, 0.3) is 10.9 Å². The molecule has 0 atom stereocenters. The first kappa shape index (κ1) is 17.5. The van der Waals surface area contributed by atoms with Crippen LogP contribution in [0.5, 0.6) is 5.88 Å². The molecule has 0 spiro atoms. The Labute approximate surface area is 157 Å². The minimum absolute atomic E-state index is 0.0501. The zero-order valence-corrected chi connectivity index (χ0v) is 15.5. The lowest BCUT2D eigenvalue weighted by Crippen LogP contribution is -2.25. The fourth-order valence-electron chi connectivity index (χ4n) is 3.44. The summed E-state index contributed by atoms with van der Waals surface area (Å²) in [5.41, 5.74) is 3.56. The molecule has 1 N–H and O–H groups in total. The van der Waals surface area contributed by atoms with Gasteiger partial charge < -0.3 is 9.84 Å². The average Bonchev–Trinajstić information content (AvgIpc) is 2.96. The van der Waals surface area contributed by atoms with Crippen LogP contribution < -0.4 is 4.74 Å². The smallest absolute Gasteiger partial charge is 0.355 e. The van der Waals surface area contributed by atoms with E-state index in [0.717, 1.165) is 29.7 Å². The van der Waals surface area contributed by atoms with E-state index in [9.17, 15) is 9.90 Å². The second-order valence-electron chi connectivity index (χ2n) is 6.95. The highest BCUT2D eigenvalue weighted by Crippen LogP contribution is 2.27. The van der Waals surface area contributed by atoms with Gasteiger partial charge in [-0.15, -0.1) is 0 Å². The van der Waals surface area contributed by atoms with E-state index >= 15 is 0 Å². The van der Waals surface area contributed by atoms with Crippen molar-refractivity contribution >= 4 is 16.9 Å². The maximum Gasteiger partial charge on any atom is 0.355 e. The van der Waals surface area contributed by atoms with E-state index in [1.807, 2.05) is 24.7 Å². The Morgan fingerprint density at radius 3 is 2.81 bits per heavy atom. The van der Waals surface area contributed by atoms with E-state index in [2.05, 4.69) is 21.1 Å².